The highest BCUT2D eigenvalue weighted by atomic mass is 32.2. The molecule has 2 rings (SSSR count). The zero-order valence-electron chi connectivity index (χ0n) is 10.6. The molecule has 4 nitrogen and oxygen atoms in total. The molecule has 0 atom stereocenters. The molecule has 2 aromatic rings. The molecule has 0 amide bonds. The predicted molar refractivity (Wildman–Crippen MR) is 75.7 cm³/mol. The number of carbonyl (C=O) groups excluding carboxylic acids is 1. The summed E-state index contributed by atoms with van der Waals surface area (Å²) in [6.45, 7) is 2.07. The van der Waals surface area contributed by atoms with E-state index in [1.54, 1.807) is 0 Å². The number of thioether (sulfide) groups is 1. The second-order valence-electron chi connectivity index (χ2n) is 4.00. The van der Waals surface area contributed by atoms with Gasteiger partial charge in [0.05, 0.1) is 5.75 Å². The number of ketones is 1. The summed E-state index contributed by atoms with van der Waals surface area (Å²) in [6, 6.07) is 8.93. The molecule has 0 bridgehead atoms. The van der Waals surface area contributed by atoms with Gasteiger partial charge in [0.25, 0.3) is 5.56 Å². The van der Waals surface area contributed by atoms with Gasteiger partial charge in [0.15, 0.2) is 10.9 Å². The van der Waals surface area contributed by atoms with Gasteiger partial charge in [-0.15, -0.1) is 0 Å². The Morgan fingerprint density at radius 3 is 2.63 bits per heavy atom. The van der Waals surface area contributed by atoms with Gasteiger partial charge in [0.1, 0.15) is 0 Å². The lowest BCUT2D eigenvalue weighted by Crippen LogP contribution is -2.08. The highest BCUT2D eigenvalue weighted by Gasteiger charge is 2.07. The third-order valence-corrected chi connectivity index (χ3v) is 3.56. The number of H-pyrrole nitrogens is 1. The van der Waals surface area contributed by atoms with E-state index in [0.29, 0.717) is 10.7 Å². The number of aryl methyl sites for hydroxylation is 1. The third-order valence-electron chi connectivity index (χ3n) is 2.67. The fraction of sp³-hybridized carbons (Fsp3) is 0.214. The number of carbonyl (C=O) groups is 1. The van der Waals surface area contributed by atoms with Gasteiger partial charge >= 0.3 is 0 Å². The standard InChI is InChI=1S/C14H14N2O2S/c1-2-10-3-5-11(6-4-10)12(17)9-19-14-15-8-7-13(18)16-14/h3-8H,2,9H2,1H3,(H,15,16,18). The second-order valence-corrected chi connectivity index (χ2v) is 4.97. The number of hydrogen-bond donors (Lipinski definition) is 1. The van der Waals surface area contributed by atoms with Crippen LogP contribution in [0, 0.1) is 0 Å². The minimum absolute atomic E-state index is 0.0270. The van der Waals surface area contributed by atoms with Crippen LogP contribution in [-0.4, -0.2) is 21.5 Å². The summed E-state index contributed by atoms with van der Waals surface area (Å²) < 4.78 is 0. The van der Waals surface area contributed by atoms with E-state index in [9.17, 15) is 9.59 Å². The van der Waals surface area contributed by atoms with E-state index in [0.717, 1.165) is 6.42 Å². The van der Waals surface area contributed by atoms with Crippen LogP contribution in [0.25, 0.3) is 0 Å². The van der Waals surface area contributed by atoms with Crippen LogP contribution >= 0.6 is 11.8 Å². The van der Waals surface area contributed by atoms with Crippen LogP contribution in [0.5, 0.6) is 0 Å². The van der Waals surface area contributed by atoms with E-state index >= 15 is 0 Å². The van der Waals surface area contributed by atoms with Crippen LogP contribution < -0.4 is 5.56 Å². The van der Waals surface area contributed by atoms with Crippen molar-refractivity contribution in [1.82, 2.24) is 9.97 Å². The topological polar surface area (TPSA) is 62.8 Å². The molecule has 19 heavy (non-hydrogen) atoms. The van der Waals surface area contributed by atoms with Crippen molar-refractivity contribution in [2.75, 3.05) is 5.75 Å². The van der Waals surface area contributed by atoms with Gasteiger partial charge in [0.2, 0.25) is 0 Å². The van der Waals surface area contributed by atoms with E-state index in [4.69, 9.17) is 0 Å². The van der Waals surface area contributed by atoms with Gasteiger partial charge < -0.3 is 4.98 Å². The first-order valence-corrected chi connectivity index (χ1v) is 6.98. The Morgan fingerprint density at radius 2 is 2.00 bits per heavy atom. The van der Waals surface area contributed by atoms with Crippen molar-refractivity contribution in [1.29, 1.82) is 0 Å². The minimum atomic E-state index is -0.211. The Hall–Kier alpha value is -1.88. The number of Topliss-reactive ketones (excluding diaryl/α,β-unsaturated/α-hetero) is 1. The number of aromatic amines is 1. The van der Waals surface area contributed by atoms with E-state index < -0.39 is 0 Å². The molecule has 98 valence electrons. The lowest BCUT2D eigenvalue weighted by molar-refractivity contribution is 0.102. The predicted octanol–water partition coefficient (Wildman–Crippen LogP) is 2.31. The third kappa shape index (κ3) is 3.79. The highest BCUT2D eigenvalue weighted by molar-refractivity contribution is 7.99. The fourth-order valence-electron chi connectivity index (χ4n) is 1.57. The molecule has 0 saturated heterocycles. The molecule has 0 aliphatic heterocycles. The molecule has 0 unspecified atom stereocenters. The molecule has 1 heterocycles. The Labute approximate surface area is 115 Å². The van der Waals surface area contributed by atoms with Crippen molar-refractivity contribution in [2.24, 2.45) is 0 Å². The maximum atomic E-state index is 12.0. The van der Waals surface area contributed by atoms with E-state index in [1.165, 1.54) is 29.6 Å². The van der Waals surface area contributed by atoms with Gasteiger partial charge in [-0.2, -0.15) is 0 Å². The van der Waals surface area contributed by atoms with E-state index in [2.05, 4.69) is 16.9 Å². The van der Waals surface area contributed by atoms with Crippen molar-refractivity contribution in [3.63, 3.8) is 0 Å². The fourth-order valence-corrected chi connectivity index (χ4v) is 2.31. The molecule has 0 aliphatic carbocycles. The van der Waals surface area contributed by atoms with Crippen LogP contribution in [0.2, 0.25) is 0 Å². The average molecular weight is 274 g/mol. The van der Waals surface area contributed by atoms with Crippen molar-refractivity contribution >= 4 is 17.5 Å². The molecule has 1 aromatic carbocycles. The van der Waals surface area contributed by atoms with Crippen LogP contribution in [0.1, 0.15) is 22.8 Å². The molecule has 0 saturated carbocycles. The molecule has 0 fully saturated rings. The van der Waals surface area contributed by atoms with E-state index in [1.807, 2.05) is 24.3 Å². The summed E-state index contributed by atoms with van der Waals surface area (Å²) in [5.41, 5.74) is 1.68. The molecule has 5 heteroatoms. The summed E-state index contributed by atoms with van der Waals surface area (Å²) >= 11 is 1.23. The van der Waals surface area contributed by atoms with Gasteiger partial charge in [-0.25, -0.2) is 4.98 Å². The van der Waals surface area contributed by atoms with Crippen molar-refractivity contribution in [3.8, 4) is 0 Å². The van der Waals surface area contributed by atoms with Crippen LogP contribution in [-0.2, 0) is 6.42 Å². The molecular formula is C14H14N2O2S. The Morgan fingerprint density at radius 1 is 1.26 bits per heavy atom. The number of nitrogens with zero attached hydrogens (tertiary/aromatic N) is 1. The van der Waals surface area contributed by atoms with Crippen LogP contribution in [0.3, 0.4) is 0 Å². The second kappa shape index (κ2) is 6.33. The van der Waals surface area contributed by atoms with Gasteiger partial charge in [-0.3, -0.25) is 9.59 Å². The number of hydrogen-bond acceptors (Lipinski definition) is 4. The number of rotatable bonds is 5. The Balaban J connectivity index is 1.99. The SMILES string of the molecule is CCc1ccc(C(=O)CSc2nccc(=O)[nH]2)cc1. The molecule has 1 N–H and O–H groups in total. The van der Waals surface area contributed by atoms with E-state index in [-0.39, 0.29) is 17.1 Å². The van der Waals surface area contributed by atoms with Crippen LogP contribution in [0.4, 0.5) is 0 Å². The number of nitrogens with one attached hydrogen (secondary N) is 1. The lowest BCUT2D eigenvalue weighted by Gasteiger charge is -2.02. The van der Waals surface area contributed by atoms with Gasteiger partial charge in [-0.1, -0.05) is 43.0 Å². The monoisotopic (exact) mass is 274 g/mol. The highest BCUT2D eigenvalue weighted by Crippen LogP contribution is 2.14. The normalized spacial score (nSPS) is 10.4. The minimum Gasteiger partial charge on any atom is -0.301 e. The summed E-state index contributed by atoms with van der Waals surface area (Å²) in [5.74, 6) is 0.289. The molecule has 0 radical (unpaired) electrons. The zero-order valence-corrected chi connectivity index (χ0v) is 11.4. The maximum absolute atomic E-state index is 12.0. The summed E-state index contributed by atoms with van der Waals surface area (Å²) in [5, 5.41) is 0.464. The van der Waals surface area contributed by atoms with Crippen molar-refractivity contribution < 1.29 is 4.79 Å². The van der Waals surface area contributed by atoms with Crippen molar-refractivity contribution in [3.05, 3.63) is 58.0 Å². The van der Waals surface area contributed by atoms with Gasteiger partial charge in [-0.05, 0) is 12.0 Å². The smallest absolute Gasteiger partial charge is 0.251 e. The summed E-state index contributed by atoms with van der Waals surface area (Å²) in [4.78, 5) is 29.6. The molecular weight excluding hydrogens is 260 g/mol. The summed E-state index contributed by atoms with van der Waals surface area (Å²) in [6.07, 6.45) is 2.39. The molecule has 0 aliphatic rings. The average Bonchev–Trinajstić information content (AvgIpc) is 2.45. The van der Waals surface area contributed by atoms with Crippen molar-refractivity contribution in [2.45, 2.75) is 18.5 Å². The first-order chi connectivity index (χ1) is 9.19. The Bertz CT molecular complexity index is 620. The number of benzene rings is 1. The molecule has 0 spiro atoms. The Kier molecular flexibility index (Phi) is 4.52. The molecule has 1 aromatic heterocycles. The lowest BCUT2D eigenvalue weighted by atomic mass is 10.1. The first-order valence-electron chi connectivity index (χ1n) is 5.99. The largest absolute Gasteiger partial charge is 0.301 e. The summed E-state index contributed by atoms with van der Waals surface area (Å²) in [7, 11) is 0. The van der Waals surface area contributed by atoms with Crippen LogP contribution in [0.15, 0.2) is 46.5 Å². The zero-order chi connectivity index (χ0) is 13.7. The van der Waals surface area contributed by atoms with Gasteiger partial charge in [0, 0.05) is 17.8 Å². The maximum Gasteiger partial charge on any atom is 0.251 e. The first kappa shape index (κ1) is 13.5. The number of aromatic nitrogens is 2. The quantitative estimate of drug-likeness (QED) is 0.516.